The van der Waals surface area contributed by atoms with Crippen molar-refractivity contribution in [1.82, 2.24) is 15.5 Å². The van der Waals surface area contributed by atoms with E-state index in [2.05, 4.69) is 40.8 Å². The number of thioether (sulfide) groups is 1. The lowest BCUT2D eigenvalue weighted by molar-refractivity contribution is 0.0179. The summed E-state index contributed by atoms with van der Waals surface area (Å²) in [6.45, 7) is 8.00. The van der Waals surface area contributed by atoms with Gasteiger partial charge in [-0.15, -0.1) is 24.0 Å². The Morgan fingerprint density at radius 3 is 2.56 bits per heavy atom. The summed E-state index contributed by atoms with van der Waals surface area (Å²) in [6, 6.07) is 8.56. The minimum atomic E-state index is 0. The minimum absolute atomic E-state index is 0. The van der Waals surface area contributed by atoms with Gasteiger partial charge in [0.25, 0.3) is 0 Å². The number of aliphatic imine (C=N–C) groups is 1. The summed E-state index contributed by atoms with van der Waals surface area (Å²) in [5, 5.41) is 6.74. The van der Waals surface area contributed by atoms with Crippen LogP contribution in [0.5, 0.6) is 5.75 Å². The van der Waals surface area contributed by atoms with Crippen molar-refractivity contribution in [2.75, 3.05) is 65.1 Å². The van der Waals surface area contributed by atoms with E-state index < -0.39 is 0 Å². The molecule has 27 heavy (non-hydrogen) atoms. The average Bonchev–Trinajstić information content (AvgIpc) is 2.69. The second kappa shape index (κ2) is 14.3. The SMILES string of the molecule is CCNC(=NCC(c1ccc(OC)cc1)N1CCOCC1)NCCSC.I. The number of guanidine groups is 1. The first kappa shape index (κ1) is 24.3. The van der Waals surface area contributed by atoms with Crippen LogP contribution in [-0.4, -0.2) is 75.9 Å². The molecule has 0 aromatic heterocycles. The number of hydrogen-bond donors (Lipinski definition) is 2. The predicted molar refractivity (Wildman–Crippen MR) is 126 cm³/mol. The predicted octanol–water partition coefficient (Wildman–Crippen LogP) is 2.60. The van der Waals surface area contributed by atoms with Gasteiger partial charge in [0.2, 0.25) is 0 Å². The first-order valence-electron chi connectivity index (χ1n) is 9.25. The van der Waals surface area contributed by atoms with Gasteiger partial charge < -0.3 is 20.1 Å². The molecule has 1 aliphatic rings. The van der Waals surface area contributed by atoms with E-state index in [9.17, 15) is 0 Å². The minimum Gasteiger partial charge on any atom is -0.497 e. The fourth-order valence-corrected chi connectivity index (χ4v) is 3.24. The first-order valence-corrected chi connectivity index (χ1v) is 10.6. The van der Waals surface area contributed by atoms with Gasteiger partial charge in [0.1, 0.15) is 5.75 Å². The van der Waals surface area contributed by atoms with Crippen molar-refractivity contribution in [3.63, 3.8) is 0 Å². The first-order chi connectivity index (χ1) is 12.8. The Hall–Kier alpha value is -0.710. The van der Waals surface area contributed by atoms with Gasteiger partial charge in [-0.05, 0) is 30.9 Å². The number of morpholine rings is 1. The molecule has 1 aromatic carbocycles. The van der Waals surface area contributed by atoms with Crippen LogP contribution in [0.3, 0.4) is 0 Å². The quantitative estimate of drug-likeness (QED) is 0.232. The fourth-order valence-electron chi connectivity index (χ4n) is 2.94. The standard InChI is InChI=1S/C19H32N4O2S.HI/c1-4-20-19(21-9-14-26-3)22-15-18(23-10-12-25-13-11-23)16-5-7-17(24-2)8-6-16;/h5-8,18H,4,9-15H2,1-3H3,(H2,20,21,22);1H. The third-order valence-electron chi connectivity index (χ3n) is 4.35. The fraction of sp³-hybridized carbons (Fsp3) is 0.632. The molecular formula is C19H33IN4O2S. The van der Waals surface area contributed by atoms with Crippen LogP contribution in [0.2, 0.25) is 0 Å². The van der Waals surface area contributed by atoms with E-state index in [0.29, 0.717) is 6.54 Å². The molecule has 0 saturated carbocycles. The summed E-state index contributed by atoms with van der Waals surface area (Å²) in [5.74, 6) is 2.83. The molecule has 1 aromatic rings. The number of nitrogens with zero attached hydrogens (tertiary/aromatic N) is 2. The molecule has 1 atom stereocenters. The van der Waals surface area contributed by atoms with Crippen molar-refractivity contribution in [3.8, 4) is 5.75 Å². The number of ether oxygens (including phenoxy) is 2. The summed E-state index contributed by atoms with van der Waals surface area (Å²) < 4.78 is 10.8. The molecule has 2 N–H and O–H groups in total. The second-order valence-electron chi connectivity index (χ2n) is 6.08. The highest BCUT2D eigenvalue weighted by Crippen LogP contribution is 2.24. The zero-order chi connectivity index (χ0) is 18.6. The molecule has 0 radical (unpaired) electrons. The van der Waals surface area contributed by atoms with Crippen molar-refractivity contribution in [3.05, 3.63) is 29.8 Å². The molecule has 1 aliphatic heterocycles. The van der Waals surface area contributed by atoms with E-state index in [1.165, 1.54) is 5.56 Å². The van der Waals surface area contributed by atoms with Crippen LogP contribution in [0.4, 0.5) is 0 Å². The summed E-state index contributed by atoms with van der Waals surface area (Å²) in [5.41, 5.74) is 1.26. The normalized spacial score (nSPS) is 16.3. The molecule has 1 saturated heterocycles. The number of rotatable bonds is 9. The number of halogens is 1. The molecular weight excluding hydrogens is 475 g/mol. The maximum atomic E-state index is 5.53. The largest absolute Gasteiger partial charge is 0.497 e. The van der Waals surface area contributed by atoms with Crippen LogP contribution < -0.4 is 15.4 Å². The maximum Gasteiger partial charge on any atom is 0.191 e. The number of nitrogens with one attached hydrogen (secondary N) is 2. The Morgan fingerprint density at radius 1 is 1.26 bits per heavy atom. The Balaban J connectivity index is 0.00000364. The molecule has 1 heterocycles. The van der Waals surface area contributed by atoms with E-state index >= 15 is 0 Å². The molecule has 1 unspecified atom stereocenters. The molecule has 0 spiro atoms. The lowest BCUT2D eigenvalue weighted by Crippen LogP contribution is -2.42. The molecule has 2 rings (SSSR count). The van der Waals surface area contributed by atoms with Crippen LogP contribution >= 0.6 is 35.7 Å². The zero-order valence-electron chi connectivity index (χ0n) is 16.6. The molecule has 0 aliphatic carbocycles. The van der Waals surface area contributed by atoms with Gasteiger partial charge >= 0.3 is 0 Å². The van der Waals surface area contributed by atoms with Gasteiger partial charge in [0.15, 0.2) is 5.96 Å². The van der Waals surface area contributed by atoms with Gasteiger partial charge in [-0.1, -0.05) is 12.1 Å². The van der Waals surface area contributed by atoms with E-state index in [1.807, 2.05) is 23.9 Å². The lowest BCUT2D eigenvalue weighted by atomic mass is 10.0. The maximum absolute atomic E-state index is 5.53. The smallest absolute Gasteiger partial charge is 0.191 e. The Morgan fingerprint density at radius 2 is 1.96 bits per heavy atom. The lowest BCUT2D eigenvalue weighted by Gasteiger charge is -2.34. The van der Waals surface area contributed by atoms with Crippen molar-refractivity contribution in [2.24, 2.45) is 4.99 Å². The summed E-state index contributed by atoms with van der Waals surface area (Å²) in [7, 11) is 1.70. The Bertz CT molecular complexity index is 539. The molecule has 6 nitrogen and oxygen atoms in total. The number of hydrogen-bond acceptors (Lipinski definition) is 5. The summed E-state index contributed by atoms with van der Waals surface area (Å²) in [4.78, 5) is 7.31. The van der Waals surface area contributed by atoms with E-state index in [-0.39, 0.29) is 30.0 Å². The summed E-state index contributed by atoms with van der Waals surface area (Å²) in [6.07, 6.45) is 2.11. The van der Waals surface area contributed by atoms with Gasteiger partial charge in [0, 0.05) is 31.9 Å². The second-order valence-corrected chi connectivity index (χ2v) is 7.06. The zero-order valence-corrected chi connectivity index (χ0v) is 19.7. The van der Waals surface area contributed by atoms with Gasteiger partial charge in [-0.25, -0.2) is 0 Å². The number of methoxy groups -OCH3 is 1. The van der Waals surface area contributed by atoms with Crippen LogP contribution in [-0.2, 0) is 4.74 Å². The number of benzene rings is 1. The van der Waals surface area contributed by atoms with Crippen LogP contribution in [0, 0.1) is 0 Å². The van der Waals surface area contributed by atoms with Crippen molar-refractivity contribution in [2.45, 2.75) is 13.0 Å². The summed E-state index contributed by atoms with van der Waals surface area (Å²) >= 11 is 1.83. The van der Waals surface area contributed by atoms with Crippen LogP contribution in [0.15, 0.2) is 29.3 Å². The third-order valence-corrected chi connectivity index (χ3v) is 4.96. The van der Waals surface area contributed by atoms with Gasteiger partial charge in [-0.2, -0.15) is 11.8 Å². The van der Waals surface area contributed by atoms with E-state index in [4.69, 9.17) is 14.5 Å². The van der Waals surface area contributed by atoms with E-state index in [0.717, 1.165) is 56.9 Å². The third kappa shape index (κ3) is 8.45. The molecule has 154 valence electrons. The monoisotopic (exact) mass is 508 g/mol. The average molecular weight is 508 g/mol. The van der Waals surface area contributed by atoms with Crippen LogP contribution in [0.1, 0.15) is 18.5 Å². The van der Waals surface area contributed by atoms with Gasteiger partial charge in [-0.3, -0.25) is 9.89 Å². The molecule has 8 heteroatoms. The highest BCUT2D eigenvalue weighted by Gasteiger charge is 2.22. The van der Waals surface area contributed by atoms with Gasteiger partial charge in [0.05, 0.1) is 32.9 Å². The van der Waals surface area contributed by atoms with Crippen molar-refractivity contribution < 1.29 is 9.47 Å². The van der Waals surface area contributed by atoms with Crippen molar-refractivity contribution >= 4 is 41.7 Å². The highest BCUT2D eigenvalue weighted by atomic mass is 127. The van der Waals surface area contributed by atoms with Crippen LogP contribution in [0.25, 0.3) is 0 Å². The molecule has 0 bridgehead atoms. The molecule has 0 amide bonds. The van der Waals surface area contributed by atoms with Crippen molar-refractivity contribution in [1.29, 1.82) is 0 Å². The van der Waals surface area contributed by atoms with E-state index in [1.54, 1.807) is 7.11 Å². The highest BCUT2D eigenvalue weighted by molar-refractivity contribution is 14.0. The Labute approximate surface area is 184 Å². The molecule has 1 fully saturated rings. The topological polar surface area (TPSA) is 58.1 Å². The Kier molecular flexibility index (Phi) is 12.9.